The number of carboxylic acids is 1. The molecule has 1 aliphatic heterocycles. The van der Waals surface area contributed by atoms with E-state index in [0.29, 0.717) is 5.56 Å². The van der Waals surface area contributed by atoms with E-state index in [1.165, 1.54) is 4.90 Å². The van der Waals surface area contributed by atoms with Gasteiger partial charge in [0.05, 0.1) is 12.5 Å². The van der Waals surface area contributed by atoms with Crippen molar-refractivity contribution in [3.05, 3.63) is 35.4 Å². The zero-order valence-electron chi connectivity index (χ0n) is 9.17. The van der Waals surface area contributed by atoms with E-state index in [4.69, 9.17) is 10.2 Å². The molecule has 2 rings (SSSR count). The van der Waals surface area contributed by atoms with E-state index in [2.05, 4.69) is 0 Å². The van der Waals surface area contributed by atoms with Gasteiger partial charge in [0.1, 0.15) is 0 Å². The molecule has 1 aromatic rings. The molecule has 0 radical (unpaired) electrons. The van der Waals surface area contributed by atoms with E-state index in [-0.39, 0.29) is 25.6 Å². The standard InChI is InChI=1S/C12H13NO4/c14-7-8-1-3-9(4-2-8)11(15)13-5-10(6-13)12(16)17/h1-4,10,14H,5-7H2,(H,16,17). The fourth-order valence-electron chi connectivity index (χ4n) is 1.74. The summed E-state index contributed by atoms with van der Waals surface area (Å²) in [7, 11) is 0. The molecule has 0 saturated carbocycles. The van der Waals surface area contributed by atoms with Crippen LogP contribution in [0.15, 0.2) is 24.3 Å². The number of aliphatic hydroxyl groups excluding tert-OH is 1. The number of likely N-dealkylation sites (tertiary alicyclic amines) is 1. The number of rotatable bonds is 3. The quantitative estimate of drug-likeness (QED) is 0.791. The van der Waals surface area contributed by atoms with Crippen molar-refractivity contribution in [3.63, 3.8) is 0 Å². The largest absolute Gasteiger partial charge is 0.481 e. The van der Waals surface area contributed by atoms with Crippen LogP contribution in [0.25, 0.3) is 0 Å². The maximum atomic E-state index is 11.9. The topological polar surface area (TPSA) is 77.8 Å². The zero-order chi connectivity index (χ0) is 12.4. The van der Waals surface area contributed by atoms with Crippen LogP contribution < -0.4 is 0 Å². The molecular formula is C12H13NO4. The molecule has 0 aliphatic carbocycles. The van der Waals surface area contributed by atoms with Gasteiger partial charge in [-0.3, -0.25) is 9.59 Å². The molecule has 1 heterocycles. The van der Waals surface area contributed by atoms with Crippen LogP contribution in [0, 0.1) is 5.92 Å². The number of hydrogen-bond acceptors (Lipinski definition) is 3. The van der Waals surface area contributed by atoms with Crippen LogP contribution in [0.5, 0.6) is 0 Å². The van der Waals surface area contributed by atoms with E-state index in [1.54, 1.807) is 24.3 Å². The highest BCUT2D eigenvalue weighted by Crippen LogP contribution is 2.19. The maximum Gasteiger partial charge on any atom is 0.310 e. The molecule has 90 valence electrons. The number of carbonyl (C=O) groups excluding carboxylic acids is 1. The lowest BCUT2D eigenvalue weighted by Crippen LogP contribution is -2.53. The molecule has 1 saturated heterocycles. The number of carboxylic acid groups (broad SMARTS) is 1. The van der Waals surface area contributed by atoms with E-state index in [1.807, 2.05) is 0 Å². The summed E-state index contributed by atoms with van der Waals surface area (Å²) in [5, 5.41) is 17.6. The van der Waals surface area contributed by atoms with Crippen LogP contribution in [0.4, 0.5) is 0 Å². The molecule has 1 aliphatic rings. The summed E-state index contributed by atoms with van der Waals surface area (Å²) in [5.41, 5.74) is 1.26. The van der Waals surface area contributed by atoms with Crippen molar-refractivity contribution in [1.29, 1.82) is 0 Å². The summed E-state index contributed by atoms with van der Waals surface area (Å²) in [6, 6.07) is 6.65. The first-order chi connectivity index (χ1) is 8.11. The second kappa shape index (κ2) is 4.55. The van der Waals surface area contributed by atoms with E-state index >= 15 is 0 Å². The van der Waals surface area contributed by atoms with Crippen LogP contribution in [-0.2, 0) is 11.4 Å². The van der Waals surface area contributed by atoms with Gasteiger partial charge >= 0.3 is 5.97 Å². The SMILES string of the molecule is O=C(O)C1CN(C(=O)c2ccc(CO)cc2)C1. The Morgan fingerprint density at radius 3 is 2.29 bits per heavy atom. The third-order valence-corrected chi connectivity index (χ3v) is 2.90. The van der Waals surface area contributed by atoms with Crippen molar-refractivity contribution in [2.75, 3.05) is 13.1 Å². The van der Waals surface area contributed by atoms with E-state index in [9.17, 15) is 9.59 Å². The highest BCUT2D eigenvalue weighted by Gasteiger charge is 2.35. The number of amides is 1. The molecule has 0 unspecified atom stereocenters. The smallest absolute Gasteiger partial charge is 0.310 e. The maximum absolute atomic E-state index is 11.9. The lowest BCUT2D eigenvalue weighted by molar-refractivity contribution is -0.146. The van der Waals surface area contributed by atoms with Crippen LogP contribution in [0.3, 0.4) is 0 Å². The van der Waals surface area contributed by atoms with Gasteiger partial charge in [-0.2, -0.15) is 0 Å². The minimum absolute atomic E-state index is 0.0563. The van der Waals surface area contributed by atoms with Gasteiger partial charge in [-0.05, 0) is 17.7 Å². The van der Waals surface area contributed by atoms with Gasteiger partial charge in [0.2, 0.25) is 0 Å². The molecule has 17 heavy (non-hydrogen) atoms. The summed E-state index contributed by atoms with van der Waals surface area (Å²) in [4.78, 5) is 24.0. The van der Waals surface area contributed by atoms with Gasteiger partial charge in [0, 0.05) is 18.7 Å². The van der Waals surface area contributed by atoms with Crippen LogP contribution >= 0.6 is 0 Å². The second-order valence-electron chi connectivity index (χ2n) is 4.10. The van der Waals surface area contributed by atoms with E-state index in [0.717, 1.165) is 5.56 Å². The summed E-state index contributed by atoms with van der Waals surface area (Å²) in [6.45, 7) is 0.491. The van der Waals surface area contributed by atoms with Crippen molar-refractivity contribution in [3.8, 4) is 0 Å². The minimum atomic E-state index is -0.857. The predicted molar refractivity (Wildman–Crippen MR) is 59.4 cm³/mol. The molecule has 1 fully saturated rings. The Hall–Kier alpha value is -1.88. The Morgan fingerprint density at radius 2 is 1.82 bits per heavy atom. The molecule has 2 N–H and O–H groups in total. The molecular weight excluding hydrogens is 222 g/mol. The second-order valence-corrected chi connectivity index (χ2v) is 4.10. The molecule has 1 aromatic carbocycles. The highest BCUT2D eigenvalue weighted by molar-refractivity contribution is 5.95. The third kappa shape index (κ3) is 2.29. The molecule has 0 spiro atoms. The molecule has 1 amide bonds. The number of hydrogen-bond donors (Lipinski definition) is 2. The van der Waals surface area contributed by atoms with Crippen molar-refractivity contribution in [1.82, 2.24) is 4.90 Å². The lowest BCUT2D eigenvalue weighted by atomic mass is 9.99. The lowest BCUT2D eigenvalue weighted by Gasteiger charge is -2.36. The molecule has 0 bridgehead atoms. The zero-order valence-corrected chi connectivity index (χ0v) is 9.17. The molecule has 0 atom stereocenters. The van der Waals surface area contributed by atoms with Gasteiger partial charge in [-0.25, -0.2) is 0 Å². The number of aliphatic hydroxyl groups is 1. The van der Waals surface area contributed by atoms with Crippen LogP contribution in [0.1, 0.15) is 15.9 Å². The number of nitrogens with zero attached hydrogens (tertiary/aromatic N) is 1. The summed E-state index contributed by atoms with van der Waals surface area (Å²) in [5.74, 6) is -1.45. The average molecular weight is 235 g/mol. The summed E-state index contributed by atoms with van der Waals surface area (Å²) in [6.07, 6.45) is 0. The Morgan fingerprint density at radius 1 is 1.24 bits per heavy atom. The first-order valence-corrected chi connectivity index (χ1v) is 5.33. The van der Waals surface area contributed by atoms with Crippen LogP contribution in [0.2, 0.25) is 0 Å². The van der Waals surface area contributed by atoms with Gasteiger partial charge in [-0.1, -0.05) is 12.1 Å². The number of aliphatic carboxylic acids is 1. The number of benzene rings is 1. The van der Waals surface area contributed by atoms with Gasteiger partial charge in [-0.15, -0.1) is 0 Å². The summed E-state index contributed by atoms with van der Waals surface area (Å²) >= 11 is 0. The average Bonchev–Trinajstić information content (AvgIpc) is 2.26. The fourth-order valence-corrected chi connectivity index (χ4v) is 1.74. The van der Waals surface area contributed by atoms with Gasteiger partial charge in [0.15, 0.2) is 0 Å². The monoisotopic (exact) mass is 235 g/mol. The first kappa shape index (κ1) is 11.6. The summed E-state index contributed by atoms with van der Waals surface area (Å²) < 4.78 is 0. The first-order valence-electron chi connectivity index (χ1n) is 5.33. The van der Waals surface area contributed by atoms with Crippen LogP contribution in [-0.4, -0.2) is 40.1 Å². The van der Waals surface area contributed by atoms with Gasteiger partial charge in [0.25, 0.3) is 5.91 Å². The van der Waals surface area contributed by atoms with Crippen molar-refractivity contribution < 1.29 is 19.8 Å². The normalized spacial score (nSPS) is 15.5. The van der Waals surface area contributed by atoms with Crippen molar-refractivity contribution in [2.24, 2.45) is 5.92 Å². The van der Waals surface area contributed by atoms with Gasteiger partial charge < -0.3 is 15.1 Å². The van der Waals surface area contributed by atoms with E-state index < -0.39 is 11.9 Å². The molecule has 5 heteroatoms. The minimum Gasteiger partial charge on any atom is -0.481 e. The molecule has 5 nitrogen and oxygen atoms in total. The third-order valence-electron chi connectivity index (χ3n) is 2.90. The Balaban J connectivity index is 1.99. The Bertz CT molecular complexity index is 434. The Kier molecular flexibility index (Phi) is 3.10. The predicted octanol–water partition coefficient (Wildman–Crippen LogP) is 0.336. The highest BCUT2D eigenvalue weighted by atomic mass is 16.4. The van der Waals surface area contributed by atoms with Crippen molar-refractivity contribution >= 4 is 11.9 Å². The Labute approximate surface area is 98.3 Å². The molecule has 0 aromatic heterocycles. The van der Waals surface area contributed by atoms with Crippen molar-refractivity contribution in [2.45, 2.75) is 6.61 Å². The fraction of sp³-hybridized carbons (Fsp3) is 0.333. The number of carbonyl (C=O) groups is 2.